The highest BCUT2D eigenvalue weighted by atomic mass is 32.1. The maximum absolute atomic E-state index is 11.9. The van der Waals surface area contributed by atoms with Crippen LogP contribution in [0.15, 0.2) is 41.2 Å². The number of rotatable bonds is 3. The number of thiophene rings is 1. The van der Waals surface area contributed by atoms with Crippen LogP contribution in [0.1, 0.15) is 13.8 Å². The topological polar surface area (TPSA) is 54.9 Å². The van der Waals surface area contributed by atoms with Crippen molar-refractivity contribution in [3.05, 3.63) is 41.2 Å². The molecule has 0 saturated heterocycles. The number of pyridine rings is 2. The van der Waals surface area contributed by atoms with E-state index < -0.39 is 0 Å². The minimum Gasteiger partial charge on any atom is -0.310 e. The van der Waals surface area contributed by atoms with Gasteiger partial charge in [-0.15, -0.1) is 0 Å². The number of nitrogens with one attached hydrogen (secondary N) is 1. The molecule has 3 heterocycles. The van der Waals surface area contributed by atoms with Gasteiger partial charge in [-0.3, -0.25) is 9.78 Å². The molecule has 0 spiro atoms. The smallest absolute Gasteiger partial charge is 0.228 e. The number of carbonyl (C=O) groups is 1. The lowest BCUT2D eigenvalue weighted by Gasteiger charge is -2.10. The summed E-state index contributed by atoms with van der Waals surface area (Å²) in [5.74, 6) is 0.443. The monoisotopic (exact) mass is 297 g/mol. The molecule has 3 rings (SSSR count). The fourth-order valence-corrected chi connectivity index (χ4v) is 2.66. The molecular weight excluding hydrogens is 282 g/mol. The molecule has 1 N–H and O–H groups in total. The highest BCUT2D eigenvalue weighted by Crippen LogP contribution is 2.29. The number of hydrogen-bond acceptors (Lipinski definition) is 4. The first-order valence-corrected chi connectivity index (χ1v) is 7.68. The Morgan fingerprint density at radius 2 is 2.19 bits per heavy atom. The zero-order valence-corrected chi connectivity index (χ0v) is 12.6. The third-order valence-corrected chi connectivity index (χ3v) is 3.84. The molecule has 21 heavy (non-hydrogen) atoms. The number of carbonyl (C=O) groups excluding carboxylic acids is 1. The summed E-state index contributed by atoms with van der Waals surface area (Å²) in [6, 6.07) is 7.73. The Hall–Kier alpha value is -2.27. The van der Waals surface area contributed by atoms with E-state index in [1.807, 2.05) is 48.9 Å². The van der Waals surface area contributed by atoms with Crippen molar-refractivity contribution in [2.24, 2.45) is 5.92 Å². The van der Waals surface area contributed by atoms with E-state index in [0.717, 1.165) is 22.2 Å². The van der Waals surface area contributed by atoms with Gasteiger partial charge in [0.15, 0.2) is 0 Å². The van der Waals surface area contributed by atoms with E-state index in [2.05, 4.69) is 15.3 Å². The fraction of sp³-hybridized carbons (Fsp3) is 0.188. The van der Waals surface area contributed by atoms with Crippen LogP contribution in [-0.4, -0.2) is 15.9 Å². The Labute approximate surface area is 126 Å². The summed E-state index contributed by atoms with van der Waals surface area (Å²) in [4.78, 5) is 20.9. The second-order valence-electron chi connectivity index (χ2n) is 5.09. The number of fused-ring (bicyclic) bond motifs is 1. The van der Waals surface area contributed by atoms with E-state index in [1.54, 1.807) is 17.5 Å². The van der Waals surface area contributed by atoms with Crippen molar-refractivity contribution in [3.63, 3.8) is 0 Å². The van der Waals surface area contributed by atoms with Crippen LogP contribution < -0.4 is 5.32 Å². The summed E-state index contributed by atoms with van der Waals surface area (Å²) in [7, 11) is 0. The van der Waals surface area contributed by atoms with Gasteiger partial charge in [0.2, 0.25) is 5.91 Å². The Balaban J connectivity index is 2.13. The first kappa shape index (κ1) is 13.7. The highest BCUT2D eigenvalue weighted by Gasteiger charge is 2.13. The fourth-order valence-electron chi connectivity index (χ4n) is 2.02. The van der Waals surface area contributed by atoms with E-state index in [1.165, 1.54) is 0 Å². The third kappa shape index (κ3) is 2.78. The second-order valence-corrected chi connectivity index (χ2v) is 5.87. The van der Waals surface area contributed by atoms with Crippen molar-refractivity contribution >= 4 is 34.0 Å². The van der Waals surface area contributed by atoms with Crippen LogP contribution in [0.3, 0.4) is 0 Å². The molecule has 0 aromatic carbocycles. The van der Waals surface area contributed by atoms with Gasteiger partial charge in [0.25, 0.3) is 0 Å². The summed E-state index contributed by atoms with van der Waals surface area (Å²) in [6.07, 6.45) is 1.76. The molecule has 0 unspecified atom stereocenters. The van der Waals surface area contributed by atoms with Gasteiger partial charge < -0.3 is 5.32 Å². The molecule has 4 nitrogen and oxygen atoms in total. The lowest BCUT2D eigenvalue weighted by atomic mass is 10.1. The number of aromatic nitrogens is 2. The Morgan fingerprint density at radius 1 is 1.33 bits per heavy atom. The van der Waals surface area contributed by atoms with Crippen LogP contribution in [-0.2, 0) is 4.79 Å². The first-order valence-electron chi connectivity index (χ1n) is 6.74. The van der Waals surface area contributed by atoms with Gasteiger partial charge >= 0.3 is 0 Å². The molecule has 1 amide bonds. The van der Waals surface area contributed by atoms with Gasteiger partial charge in [-0.25, -0.2) is 4.98 Å². The summed E-state index contributed by atoms with van der Waals surface area (Å²) >= 11 is 1.61. The van der Waals surface area contributed by atoms with Crippen molar-refractivity contribution < 1.29 is 4.79 Å². The minimum absolute atomic E-state index is 0.0398. The molecule has 3 aromatic rings. The molecule has 0 fully saturated rings. The minimum atomic E-state index is -0.0824. The van der Waals surface area contributed by atoms with Crippen molar-refractivity contribution in [3.8, 4) is 11.3 Å². The van der Waals surface area contributed by atoms with Gasteiger partial charge in [0, 0.05) is 28.4 Å². The number of amides is 1. The van der Waals surface area contributed by atoms with Crippen LogP contribution in [0.5, 0.6) is 0 Å². The molecule has 106 valence electrons. The van der Waals surface area contributed by atoms with E-state index >= 15 is 0 Å². The molecule has 0 radical (unpaired) electrons. The van der Waals surface area contributed by atoms with Crippen molar-refractivity contribution in [1.29, 1.82) is 0 Å². The summed E-state index contributed by atoms with van der Waals surface area (Å²) in [5, 5.41) is 7.86. The first-order chi connectivity index (χ1) is 10.1. The summed E-state index contributed by atoms with van der Waals surface area (Å²) in [5.41, 5.74) is 2.66. The molecule has 0 atom stereocenters. The van der Waals surface area contributed by atoms with Gasteiger partial charge in [-0.1, -0.05) is 19.9 Å². The maximum atomic E-state index is 11.9. The summed E-state index contributed by atoms with van der Waals surface area (Å²) in [6.45, 7) is 3.72. The molecule has 3 aromatic heterocycles. The molecular formula is C16H15N3OS. The molecule has 0 bridgehead atoms. The highest BCUT2D eigenvalue weighted by molar-refractivity contribution is 7.08. The predicted molar refractivity (Wildman–Crippen MR) is 86.3 cm³/mol. The molecule has 5 heteroatoms. The lowest BCUT2D eigenvalue weighted by molar-refractivity contribution is -0.118. The van der Waals surface area contributed by atoms with Crippen LogP contribution in [0.2, 0.25) is 0 Å². The molecule has 0 aliphatic rings. The van der Waals surface area contributed by atoms with Gasteiger partial charge in [-0.05, 0) is 23.6 Å². The van der Waals surface area contributed by atoms with E-state index in [0.29, 0.717) is 5.82 Å². The zero-order valence-electron chi connectivity index (χ0n) is 11.8. The number of hydrogen-bond donors (Lipinski definition) is 1. The molecule has 0 aliphatic heterocycles. The zero-order chi connectivity index (χ0) is 14.8. The predicted octanol–water partition coefficient (Wildman–Crippen LogP) is 3.95. The van der Waals surface area contributed by atoms with Gasteiger partial charge in [0.05, 0.1) is 11.2 Å². The van der Waals surface area contributed by atoms with Crippen molar-refractivity contribution in [2.75, 3.05) is 5.32 Å². The van der Waals surface area contributed by atoms with Crippen LogP contribution in [0, 0.1) is 5.92 Å². The molecule has 0 saturated carbocycles. The van der Waals surface area contributed by atoms with Crippen LogP contribution in [0.25, 0.3) is 22.2 Å². The number of anilines is 1. The van der Waals surface area contributed by atoms with Crippen LogP contribution in [0.4, 0.5) is 5.82 Å². The van der Waals surface area contributed by atoms with Crippen molar-refractivity contribution in [1.82, 2.24) is 9.97 Å². The standard InChI is InChI=1S/C16H15N3OS/c1-10(2)16(20)19-13-8-11-4-3-6-17-14(11)15(18-13)12-5-7-21-9-12/h3-10H,1-2H3,(H,18,19,20). The average molecular weight is 297 g/mol. The normalized spacial score (nSPS) is 11.0. The Morgan fingerprint density at radius 3 is 2.90 bits per heavy atom. The van der Waals surface area contributed by atoms with E-state index in [4.69, 9.17) is 0 Å². The average Bonchev–Trinajstić information content (AvgIpc) is 3.00. The quantitative estimate of drug-likeness (QED) is 0.796. The second kappa shape index (κ2) is 5.61. The SMILES string of the molecule is CC(C)C(=O)Nc1cc2cccnc2c(-c2ccsc2)n1. The Kier molecular flexibility index (Phi) is 3.66. The van der Waals surface area contributed by atoms with Crippen LogP contribution >= 0.6 is 11.3 Å². The lowest BCUT2D eigenvalue weighted by Crippen LogP contribution is -2.18. The van der Waals surface area contributed by atoms with E-state index in [-0.39, 0.29) is 11.8 Å². The largest absolute Gasteiger partial charge is 0.310 e. The Bertz CT molecular complexity index is 781. The number of nitrogens with zero attached hydrogens (tertiary/aromatic N) is 2. The molecule has 0 aliphatic carbocycles. The van der Waals surface area contributed by atoms with Gasteiger partial charge in [-0.2, -0.15) is 11.3 Å². The van der Waals surface area contributed by atoms with Gasteiger partial charge in [0.1, 0.15) is 5.82 Å². The van der Waals surface area contributed by atoms with Crippen molar-refractivity contribution in [2.45, 2.75) is 13.8 Å². The van der Waals surface area contributed by atoms with E-state index in [9.17, 15) is 4.79 Å². The summed E-state index contributed by atoms with van der Waals surface area (Å²) < 4.78 is 0. The maximum Gasteiger partial charge on any atom is 0.228 e. The third-order valence-electron chi connectivity index (χ3n) is 3.16.